The van der Waals surface area contributed by atoms with E-state index in [1.165, 1.54) is 0 Å². The number of hydrogen-bond acceptors (Lipinski definition) is 2. The van der Waals surface area contributed by atoms with E-state index in [1.807, 2.05) is 37.3 Å². The fourth-order valence-electron chi connectivity index (χ4n) is 1.83. The third kappa shape index (κ3) is 2.14. The number of carbonyl (C=O) groups excluding carboxylic acids is 1. The zero-order valence-corrected chi connectivity index (χ0v) is 9.70. The van der Waals surface area contributed by atoms with E-state index < -0.39 is 5.97 Å². The standard InChI is InChI=1S/C13H12O2.Li/c1-8-3-6-11-10(7-8)5-4-9(2)12(11)13(14)15;/h3-7H,1-2H3,(H,14,15);/q;+1/p-1. The van der Waals surface area contributed by atoms with Crippen LogP contribution in [0.4, 0.5) is 0 Å². The van der Waals surface area contributed by atoms with Gasteiger partial charge in [0.25, 0.3) is 0 Å². The summed E-state index contributed by atoms with van der Waals surface area (Å²) in [5.74, 6) is -1.11. The number of carbonyl (C=O) groups is 1. The number of benzene rings is 2. The molecular weight excluding hydrogens is 195 g/mol. The molecule has 0 radical (unpaired) electrons. The first-order valence-electron chi connectivity index (χ1n) is 4.81. The first kappa shape index (κ1) is 12.8. The van der Waals surface area contributed by atoms with Gasteiger partial charge in [0.05, 0.1) is 5.97 Å². The third-order valence-electron chi connectivity index (χ3n) is 2.59. The fourth-order valence-corrected chi connectivity index (χ4v) is 1.83. The second-order valence-corrected chi connectivity index (χ2v) is 3.77. The van der Waals surface area contributed by atoms with Crippen molar-refractivity contribution in [1.82, 2.24) is 0 Å². The average Bonchev–Trinajstić information content (AvgIpc) is 2.17. The molecule has 0 atom stereocenters. The maximum atomic E-state index is 11.0. The van der Waals surface area contributed by atoms with E-state index in [4.69, 9.17) is 0 Å². The van der Waals surface area contributed by atoms with E-state index in [9.17, 15) is 9.90 Å². The van der Waals surface area contributed by atoms with E-state index in [0.29, 0.717) is 5.56 Å². The molecule has 2 aromatic rings. The van der Waals surface area contributed by atoms with Crippen molar-refractivity contribution in [2.45, 2.75) is 13.8 Å². The first-order chi connectivity index (χ1) is 7.09. The van der Waals surface area contributed by atoms with Crippen LogP contribution in [0.2, 0.25) is 0 Å². The quantitative estimate of drug-likeness (QED) is 0.551. The molecule has 0 N–H and O–H groups in total. The SMILES string of the molecule is Cc1ccc2c(C(=O)[O-])c(C)ccc2c1.[Li+]. The Balaban J connectivity index is 0.00000128. The normalized spacial score (nSPS) is 9.88. The van der Waals surface area contributed by atoms with Crippen molar-refractivity contribution in [3.63, 3.8) is 0 Å². The van der Waals surface area contributed by atoms with Crippen LogP contribution >= 0.6 is 0 Å². The first-order valence-corrected chi connectivity index (χ1v) is 4.81. The molecule has 0 aliphatic rings. The molecule has 0 aliphatic carbocycles. The number of carboxylic acids is 1. The number of fused-ring (bicyclic) bond motifs is 1. The Hall–Kier alpha value is -1.23. The van der Waals surface area contributed by atoms with Crippen LogP contribution in [0.1, 0.15) is 21.5 Å². The van der Waals surface area contributed by atoms with Crippen molar-refractivity contribution < 1.29 is 28.8 Å². The summed E-state index contributed by atoms with van der Waals surface area (Å²) < 4.78 is 0. The van der Waals surface area contributed by atoms with Crippen molar-refractivity contribution in [3.05, 3.63) is 47.0 Å². The summed E-state index contributed by atoms with van der Waals surface area (Å²) in [5, 5.41) is 12.7. The van der Waals surface area contributed by atoms with Crippen LogP contribution in [-0.4, -0.2) is 5.97 Å². The number of carboxylic acid groups (broad SMARTS) is 1. The number of hydrogen-bond donors (Lipinski definition) is 0. The molecule has 0 spiro atoms. The van der Waals surface area contributed by atoms with E-state index >= 15 is 0 Å². The topological polar surface area (TPSA) is 40.1 Å². The van der Waals surface area contributed by atoms with Gasteiger partial charge in [-0.2, -0.15) is 0 Å². The summed E-state index contributed by atoms with van der Waals surface area (Å²) in [6.45, 7) is 3.77. The molecule has 0 bridgehead atoms. The summed E-state index contributed by atoms with van der Waals surface area (Å²) in [7, 11) is 0. The zero-order valence-electron chi connectivity index (χ0n) is 9.70. The van der Waals surface area contributed by atoms with Crippen molar-refractivity contribution in [1.29, 1.82) is 0 Å². The molecule has 0 aliphatic heterocycles. The molecule has 0 saturated carbocycles. The van der Waals surface area contributed by atoms with Gasteiger partial charge in [-0.1, -0.05) is 35.9 Å². The Morgan fingerprint density at radius 2 is 1.81 bits per heavy atom. The molecule has 0 aromatic heterocycles. The molecule has 16 heavy (non-hydrogen) atoms. The van der Waals surface area contributed by atoms with Gasteiger partial charge in [-0.25, -0.2) is 0 Å². The van der Waals surface area contributed by atoms with Gasteiger partial charge in [-0.15, -0.1) is 0 Å². The third-order valence-corrected chi connectivity index (χ3v) is 2.59. The summed E-state index contributed by atoms with van der Waals surface area (Å²) >= 11 is 0. The largest absolute Gasteiger partial charge is 1.00 e. The van der Waals surface area contributed by atoms with Crippen LogP contribution in [0.3, 0.4) is 0 Å². The monoisotopic (exact) mass is 206 g/mol. The molecular formula is C13H11LiO2. The van der Waals surface area contributed by atoms with Crippen molar-refractivity contribution in [2.75, 3.05) is 0 Å². The van der Waals surface area contributed by atoms with Crippen LogP contribution < -0.4 is 24.0 Å². The second-order valence-electron chi connectivity index (χ2n) is 3.77. The molecule has 2 aromatic carbocycles. The molecule has 0 heterocycles. The fraction of sp³-hybridized carbons (Fsp3) is 0.154. The number of aryl methyl sites for hydroxylation is 2. The summed E-state index contributed by atoms with van der Waals surface area (Å²) in [5.41, 5.74) is 2.16. The summed E-state index contributed by atoms with van der Waals surface area (Å²) in [4.78, 5) is 11.0. The van der Waals surface area contributed by atoms with Gasteiger partial charge in [0.2, 0.25) is 0 Å². The molecule has 2 nitrogen and oxygen atoms in total. The Kier molecular flexibility index (Phi) is 3.80. The Morgan fingerprint density at radius 1 is 1.12 bits per heavy atom. The smallest absolute Gasteiger partial charge is 0.545 e. The molecule has 76 valence electrons. The Labute approximate surface area is 106 Å². The minimum atomic E-state index is -1.11. The van der Waals surface area contributed by atoms with Crippen molar-refractivity contribution in [3.8, 4) is 0 Å². The molecule has 0 unspecified atom stereocenters. The average molecular weight is 206 g/mol. The maximum absolute atomic E-state index is 11.0. The summed E-state index contributed by atoms with van der Waals surface area (Å²) in [6.07, 6.45) is 0. The van der Waals surface area contributed by atoms with E-state index in [1.54, 1.807) is 6.92 Å². The zero-order chi connectivity index (χ0) is 11.0. The predicted molar refractivity (Wildman–Crippen MR) is 57.8 cm³/mol. The summed E-state index contributed by atoms with van der Waals surface area (Å²) in [6, 6.07) is 9.47. The van der Waals surface area contributed by atoms with E-state index in [-0.39, 0.29) is 18.9 Å². The van der Waals surface area contributed by atoms with Gasteiger partial charge >= 0.3 is 18.9 Å². The molecule has 0 saturated heterocycles. The van der Waals surface area contributed by atoms with Crippen molar-refractivity contribution >= 4 is 16.7 Å². The van der Waals surface area contributed by atoms with Gasteiger partial charge < -0.3 is 9.90 Å². The van der Waals surface area contributed by atoms with Gasteiger partial charge in [0.15, 0.2) is 0 Å². The molecule has 2 rings (SSSR count). The maximum Gasteiger partial charge on any atom is 1.00 e. The van der Waals surface area contributed by atoms with Crippen LogP contribution in [-0.2, 0) is 0 Å². The van der Waals surface area contributed by atoms with Gasteiger partial charge in [-0.3, -0.25) is 0 Å². The van der Waals surface area contributed by atoms with E-state index in [0.717, 1.165) is 21.9 Å². The molecule has 0 amide bonds. The van der Waals surface area contributed by atoms with Crippen molar-refractivity contribution in [2.24, 2.45) is 0 Å². The van der Waals surface area contributed by atoms with Gasteiger partial charge in [0.1, 0.15) is 0 Å². The molecule has 3 heteroatoms. The van der Waals surface area contributed by atoms with Crippen LogP contribution in [0.25, 0.3) is 10.8 Å². The minimum absolute atomic E-state index is 0. The van der Waals surface area contributed by atoms with Crippen LogP contribution in [0, 0.1) is 13.8 Å². The van der Waals surface area contributed by atoms with Crippen LogP contribution in [0.15, 0.2) is 30.3 Å². The van der Waals surface area contributed by atoms with Crippen LogP contribution in [0.5, 0.6) is 0 Å². The second kappa shape index (κ2) is 4.74. The van der Waals surface area contributed by atoms with E-state index in [2.05, 4.69) is 0 Å². The Bertz CT molecular complexity index is 547. The Morgan fingerprint density at radius 3 is 2.44 bits per heavy atom. The van der Waals surface area contributed by atoms with Gasteiger partial charge in [-0.05, 0) is 30.2 Å². The minimum Gasteiger partial charge on any atom is -0.545 e. The predicted octanol–water partition coefficient (Wildman–Crippen LogP) is -1.18. The number of aromatic carboxylic acids is 1. The molecule has 0 fully saturated rings. The number of rotatable bonds is 1. The van der Waals surface area contributed by atoms with Gasteiger partial charge in [0, 0.05) is 5.56 Å².